The van der Waals surface area contributed by atoms with Crippen molar-refractivity contribution in [3.05, 3.63) is 71.8 Å². The molecule has 34 heavy (non-hydrogen) atoms. The Kier molecular flexibility index (Phi) is 9.48. The highest BCUT2D eigenvalue weighted by Crippen LogP contribution is 2.33. The number of nitrogens with zero attached hydrogens (tertiary/aromatic N) is 1. The van der Waals surface area contributed by atoms with E-state index < -0.39 is 30.3 Å². The van der Waals surface area contributed by atoms with Gasteiger partial charge in [0.25, 0.3) is 0 Å². The molecule has 1 heterocycles. The Labute approximate surface area is 201 Å². The molecule has 1 aliphatic heterocycles. The molecule has 2 aromatic carbocycles. The van der Waals surface area contributed by atoms with Crippen molar-refractivity contribution in [2.45, 2.75) is 76.9 Å². The molecule has 0 aromatic heterocycles. The smallest absolute Gasteiger partial charge is 0.407 e. The first-order valence-corrected chi connectivity index (χ1v) is 12.1. The van der Waals surface area contributed by atoms with Crippen molar-refractivity contribution in [2.24, 2.45) is 5.92 Å². The minimum absolute atomic E-state index is 0.00505. The summed E-state index contributed by atoms with van der Waals surface area (Å²) in [6, 6.07) is 17.8. The monoisotopic (exact) mass is 468 g/mol. The number of amides is 1. The number of hydrogen-bond donors (Lipinski definition) is 3. The zero-order chi connectivity index (χ0) is 24.5. The fraction of sp³-hybridized carbons (Fsp3) is 0.481. The van der Waals surface area contributed by atoms with Gasteiger partial charge in [0, 0.05) is 18.6 Å². The van der Waals surface area contributed by atoms with Gasteiger partial charge < -0.3 is 20.3 Å². The number of alkyl carbamates (subject to hydrolysis) is 1. The maximum atomic E-state index is 12.7. The second kappa shape index (κ2) is 12.5. The molecular formula is C27H36N2O5. The van der Waals surface area contributed by atoms with Crippen LogP contribution in [0.15, 0.2) is 60.7 Å². The molecule has 7 nitrogen and oxygen atoms in total. The van der Waals surface area contributed by atoms with Crippen molar-refractivity contribution in [2.75, 3.05) is 0 Å². The summed E-state index contributed by atoms with van der Waals surface area (Å²) in [6.45, 7) is 4.45. The number of carboxylic acids is 1. The van der Waals surface area contributed by atoms with Crippen molar-refractivity contribution in [3.8, 4) is 0 Å². The largest absolute Gasteiger partial charge is 0.480 e. The van der Waals surface area contributed by atoms with Gasteiger partial charge in [-0.25, -0.2) is 4.79 Å². The average molecular weight is 469 g/mol. The van der Waals surface area contributed by atoms with E-state index in [0.717, 1.165) is 24.0 Å². The highest BCUT2D eigenvalue weighted by atomic mass is 16.5. The van der Waals surface area contributed by atoms with Crippen LogP contribution in [0.4, 0.5) is 4.79 Å². The lowest BCUT2D eigenvalue weighted by atomic mass is 9.88. The number of nitrogens with one attached hydrogen (secondary N) is 1. The van der Waals surface area contributed by atoms with Crippen LogP contribution in [-0.2, 0) is 22.7 Å². The van der Waals surface area contributed by atoms with Crippen LogP contribution in [0.3, 0.4) is 0 Å². The number of aliphatic hydroxyl groups excluding tert-OH is 1. The first-order valence-electron chi connectivity index (χ1n) is 12.1. The van der Waals surface area contributed by atoms with Crippen molar-refractivity contribution in [1.29, 1.82) is 0 Å². The van der Waals surface area contributed by atoms with E-state index in [9.17, 15) is 19.8 Å². The number of likely N-dealkylation sites (tertiary alicyclic amines) is 1. The molecule has 5 atom stereocenters. The number of ether oxygens (including phenoxy) is 1. The zero-order valence-electron chi connectivity index (χ0n) is 20.0. The summed E-state index contributed by atoms with van der Waals surface area (Å²) in [5.74, 6) is -0.905. The minimum Gasteiger partial charge on any atom is -0.480 e. The van der Waals surface area contributed by atoms with Crippen LogP contribution in [0.5, 0.6) is 0 Å². The van der Waals surface area contributed by atoms with E-state index in [2.05, 4.69) is 12.2 Å². The number of carboxylic acid groups (broad SMARTS) is 1. The Morgan fingerprint density at radius 3 is 2.26 bits per heavy atom. The summed E-state index contributed by atoms with van der Waals surface area (Å²) in [4.78, 5) is 26.8. The van der Waals surface area contributed by atoms with E-state index in [-0.39, 0.29) is 25.0 Å². The first-order chi connectivity index (χ1) is 16.4. The molecule has 0 saturated carbocycles. The Bertz CT molecular complexity index is 906. The van der Waals surface area contributed by atoms with Crippen LogP contribution >= 0.6 is 0 Å². The molecule has 3 rings (SSSR count). The lowest BCUT2D eigenvalue weighted by Crippen LogP contribution is -2.47. The molecule has 0 aliphatic carbocycles. The molecule has 0 spiro atoms. The molecule has 0 radical (unpaired) electrons. The average Bonchev–Trinajstić information content (AvgIpc) is 3.15. The Morgan fingerprint density at radius 2 is 1.71 bits per heavy atom. The van der Waals surface area contributed by atoms with Gasteiger partial charge in [0.1, 0.15) is 12.6 Å². The van der Waals surface area contributed by atoms with Gasteiger partial charge in [-0.3, -0.25) is 9.69 Å². The quantitative estimate of drug-likeness (QED) is 0.457. The van der Waals surface area contributed by atoms with Gasteiger partial charge in [0.2, 0.25) is 0 Å². The van der Waals surface area contributed by atoms with Crippen molar-refractivity contribution < 1.29 is 24.5 Å². The third-order valence-corrected chi connectivity index (χ3v) is 6.66. The number of aliphatic hydroxyl groups is 1. The molecule has 0 bridgehead atoms. The Balaban J connectivity index is 1.79. The van der Waals surface area contributed by atoms with Crippen LogP contribution in [0.2, 0.25) is 0 Å². The van der Waals surface area contributed by atoms with E-state index in [1.54, 1.807) is 6.92 Å². The molecule has 2 aromatic rings. The molecule has 1 amide bonds. The summed E-state index contributed by atoms with van der Waals surface area (Å²) in [5.41, 5.74) is 1.89. The highest BCUT2D eigenvalue weighted by Gasteiger charge is 2.46. The van der Waals surface area contributed by atoms with Crippen LogP contribution < -0.4 is 5.32 Å². The molecule has 3 N–H and O–H groups in total. The standard InChI is InChI=1S/C27H36N2O5/c1-3-10-22(19(2)30)15-24-23(28-27(33)34-18-21-13-8-5-9-14-21)16-25(26(31)32)29(24)17-20-11-6-4-7-12-20/h4-9,11-14,19,22-25,30H,3,10,15-18H2,1-2H3,(H,28,33)(H,31,32). The molecule has 5 unspecified atom stereocenters. The summed E-state index contributed by atoms with van der Waals surface area (Å²) in [5, 5.41) is 23.3. The van der Waals surface area contributed by atoms with Crippen molar-refractivity contribution in [1.82, 2.24) is 10.2 Å². The Morgan fingerprint density at radius 1 is 1.09 bits per heavy atom. The maximum absolute atomic E-state index is 12.7. The number of aliphatic carboxylic acids is 1. The number of rotatable bonds is 11. The summed E-state index contributed by atoms with van der Waals surface area (Å²) < 4.78 is 5.42. The fourth-order valence-electron chi connectivity index (χ4n) is 4.87. The van der Waals surface area contributed by atoms with Gasteiger partial charge in [-0.05, 0) is 43.2 Å². The summed E-state index contributed by atoms with van der Waals surface area (Å²) in [6.07, 6.45) is 1.54. The Hall–Kier alpha value is -2.90. The van der Waals surface area contributed by atoms with Crippen LogP contribution in [0.25, 0.3) is 0 Å². The van der Waals surface area contributed by atoms with Gasteiger partial charge in [0.15, 0.2) is 0 Å². The predicted molar refractivity (Wildman–Crippen MR) is 130 cm³/mol. The number of hydrogen-bond acceptors (Lipinski definition) is 5. The van der Waals surface area contributed by atoms with E-state index in [4.69, 9.17) is 4.74 Å². The highest BCUT2D eigenvalue weighted by molar-refractivity contribution is 5.75. The van der Waals surface area contributed by atoms with Crippen molar-refractivity contribution >= 4 is 12.1 Å². The van der Waals surface area contributed by atoms with Crippen molar-refractivity contribution in [3.63, 3.8) is 0 Å². The topological polar surface area (TPSA) is 99.1 Å². The van der Waals surface area contributed by atoms with E-state index >= 15 is 0 Å². The predicted octanol–water partition coefficient (Wildman–Crippen LogP) is 4.20. The number of carbonyl (C=O) groups excluding carboxylic acids is 1. The third kappa shape index (κ3) is 7.05. The van der Waals surface area contributed by atoms with Gasteiger partial charge in [-0.2, -0.15) is 0 Å². The first kappa shape index (κ1) is 25.7. The van der Waals surface area contributed by atoms with Gasteiger partial charge >= 0.3 is 12.1 Å². The van der Waals surface area contributed by atoms with Gasteiger partial charge in [-0.15, -0.1) is 0 Å². The van der Waals surface area contributed by atoms with E-state index in [1.807, 2.05) is 65.6 Å². The molecule has 7 heteroatoms. The maximum Gasteiger partial charge on any atom is 0.407 e. The summed E-state index contributed by atoms with van der Waals surface area (Å²) >= 11 is 0. The molecule has 1 saturated heterocycles. The molecular weight excluding hydrogens is 432 g/mol. The summed E-state index contributed by atoms with van der Waals surface area (Å²) in [7, 11) is 0. The number of benzene rings is 2. The third-order valence-electron chi connectivity index (χ3n) is 6.66. The van der Waals surface area contributed by atoms with Crippen LogP contribution in [0.1, 0.15) is 50.7 Å². The fourth-order valence-corrected chi connectivity index (χ4v) is 4.87. The van der Waals surface area contributed by atoms with E-state index in [0.29, 0.717) is 13.0 Å². The normalized spacial score (nSPS) is 22.1. The molecule has 1 fully saturated rings. The SMILES string of the molecule is CCCC(CC1C(NC(=O)OCc2ccccc2)CC(C(=O)O)N1Cc1ccccc1)C(C)O. The molecule has 184 valence electrons. The van der Waals surface area contributed by atoms with Gasteiger partial charge in [-0.1, -0.05) is 74.0 Å². The minimum atomic E-state index is -0.910. The second-order valence-electron chi connectivity index (χ2n) is 9.15. The lowest BCUT2D eigenvalue weighted by molar-refractivity contribution is -0.143. The van der Waals surface area contributed by atoms with E-state index in [1.165, 1.54) is 0 Å². The lowest BCUT2D eigenvalue weighted by Gasteiger charge is -2.34. The van der Waals surface area contributed by atoms with Gasteiger partial charge in [0.05, 0.1) is 6.10 Å². The van der Waals surface area contributed by atoms with Crippen LogP contribution in [0, 0.1) is 5.92 Å². The molecule has 1 aliphatic rings. The zero-order valence-corrected chi connectivity index (χ0v) is 20.0. The van der Waals surface area contributed by atoms with Crippen LogP contribution in [-0.4, -0.2) is 51.4 Å². The second-order valence-corrected chi connectivity index (χ2v) is 9.15. The number of carbonyl (C=O) groups is 2.